The monoisotopic (exact) mass is 298 g/mol. The van der Waals surface area contributed by atoms with Gasteiger partial charge in [-0.25, -0.2) is 9.97 Å². The lowest BCUT2D eigenvalue weighted by Crippen LogP contribution is -1.96. The van der Waals surface area contributed by atoms with Crippen molar-refractivity contribution in [3.63, 3.8) is 0 Å². The van der Waals surface area contributed by atoms with Crippen molar-refractivity contribution in [3.8, 4) is 6.07 Å². The number of hydrogen-bond donors (Lipinski definition) is 1. The number of nitrogens with zero attached hydrogens (tertiary/aromatic N) is 3. The minimum atomic E-state index is -0.608. The highest BCUT2D eigenvalue weighted by molar-refractivity contribution is 6.30. The summed E-state index contributed by atoms with van der Waals surface area (Å²) >= 11 is 5.94. The summed E-state index contributed by atoms with van der Waals surface area (Å²) in [4.78, 5) is 7.66. The Kier molecular flexibility index (Phi) is 3.38. The highest BCUT2D eigenvalue weighted by Gasteiger charge is 2.08. The Labute approximate surface area is 124 Å². The maximum Gasteiger partial charge on any atom is 0.213 e. The van der Waals surface area contributed by atoms with Gasteiger partial charge < -0.3 is 5.32 Å². The van der Waals surface area contributed by atoms with Crippen LogP contribution >= 0.6 is 11.6 Å². The topological polar surface area (TPSA) is 61.6 Å². The van der Waals surface area contributed by atoms with Crippen molar-refractivity contribution < 1.29 is 4.39 Å². The molecule has 0 aliphatic heterocycles. The Morgan fingerprint density at radius 3 is 2.86 bits per heavy atom. The second-order valence-electron chi connectivity index (χ2n) is 4.33. The molecule has 0 radical (unpaired) electrons. The molecule has 2 aromatic heterocycles. The molecule has 1 aromatic carbocycles. The molecule has 0 saturated carbocycles. The molecular weight excluding hydrogens is 291 g/mol. The number of rotatable bonds is 2. The Hall–Kier alpha value is -2.71. The molecule has 2 heterocycles. The molecular formula is C15H8ClFN4. The van der Waals surface area contributed by atoms with Crippen molar-refractivity contribution in [2.24, 2.45) is 0 Å². The van der Waals surface area contributed by atoms with Gasteiger partial charge in [-0.2, -0.15) is 9.65 Å². The minimum Gasteiger partial charge on any atom is -0.355 e. The number of pyridine rings is 2. The zero-order valence-electron chi connectivity index (χ0n) is 10.6. The van der Waals surface area contributed by atoms with E-state index in [9.17, 15) is 4.39 Å². The normalized spacial score (nSPS) is 10.3. The molecule has 1 N–H and O–H groups in total. The summed E-state index contributed by atoms with van der Waals surface area (Å²) in [6.07, 6.45) is 1.30. The van der Waals surface area contributed by atoms with Crippen LogP contribution in [0.1, 0.15) is 5.69 Å². The lowest BCUT2D eigenvalue weighted by atomic mass is 10.2. The van der Waals surface area contributed by atoms with Crippen molar-refractivity contribution >= 4 is 33.9 Å². The molecule has 0 bridgehead atoms. The van der Waals surface area contributed by atoms with Gasteiger partial charge in [0.15, 0.2) is 0 Å². The second-order valence-corrected chi connectivity index (χ2v) is 4.76. The molecule has 102 valence electrons. The van der Waals surface area contributed by atoms with Crippen LogP contribution in [0.15, 0.2) is 42.6 Å². The lowest BCUT2D eigenvalue weighted by molar-refractivity contribution is 0.586. The molecule has 3 rings (SSSR count). The first-order valence-corrected chi connectivity index (χ1v) is 6.42. The Morgan fingerprint density at radius 1 is 1.24 bits per heavy atom. The van der Waals surface area contributed by atoms with Crippen LogP contribution in [-0.2, 0) is 0 Å². The Bertz CT molecular complexity index is 873. The number of halogens is 2. The van der Waals surface area contributed by atoms with Crippen LogP contribution in [0.25, 0.3) is 10.9 Å². The predicted molar refractivity (Wildman–Crippen MR) is 78.9 cm³/mol. The largest absolute Gasteiger partial charge is 0.355 e. The van der Waals surface area contributed by atoms with Crippen molar-refractivity contribution in [2.75, 3.05) is 5.32 Å². The number of anilines is 2. The Morgan fingerprint density at radius 2 is 2.10 bits per heavy atom. The number of nitrogens with one attached hydrogen (secondary N) is 1. The van der Waals surface area contributed by atoms with E-state index >= 15 is 0 Å². The fourth-order valence-electron chi connectivity index (χ4n) is 1.99. The van der Waals surface area contributed by atoms with Crippen molar-refractivity contribution in [2.45, 2.75) is 0 Å². The molecule has 6 heteroatoms. The first-order chi connectivity index (χ1) is 10.2. The van der Waals surface area contributed by atoms with Gasteiger partial charge in [0.05, 0.1) is 17.4 Å². The molecule has 0 amide bonds. The van der Waals surface area contributed by atoms with Gasteiger partial charge in [0.2, 0.25) is 5.95 Å². The van der Waals surface area contributed by atoms with Gasteiger partial charge >= 0.3 is 0 Å². The van der Waals surface area contributed by atoms with E-state index in [0.717, 1.165) is 5.69 Å². The maximum absolute atomic E-state index is 13.3. The van der Waals surface area contributed by atoms with Gasteiger partial charge in [-0.3, -0.25) is 0 Å². The molecule has 21 heavy (non-hydrogen) atoms. The molecule has 0 spiro atoms. The quantitative estimate of drug-likeness (QED) is 0.725. The van der Waals surface area contributed by atoms with E-state index in [1.165, 1.54) is 12.3 Å². The molecule has 0 unspecified atom stereocenters. The highest BCUT2D eigenvalue weighted by atomic mass is 35.5. The van der Waals surface area contributed by atoms with E-state index < -0.39 is 5.95 Å². The third-order valence-corrected chi connectivity index (χ3v) is 3.11. The van der Waals surface area contributed by atoms with Crippen LogP contribution in [0.4, 0.5) is 15.8 Å². The van der Waals surface area contributed by atoms with Gasteiger partial charge in [0, 0.05) is 22.2 Å². The average Bonchev–Trinajstić information content (AvgIpc) is 2.47. The third kappa shape index (κ3) is 2.76. The fraction of sp³-hybridized carbons (Fsp3) is 0. The molecule has 0 fully saturated rings. The Balaban J connectivity index is 2.16. The van der Waals surface area contributed by atoms with E-state index in [0.29, 0.717) is 21.6 Å². The number of aromatic nitrogens is 2. The molecule has 0 aliphatic carbocycles. The van der Waals surface area contributed by atoms with E-state index in [1.54, 1.807) is 24.3 Å². The summed E-state index contributed by atoms with van der Waals surface area (Å²) in [5.74, 6) is -0.608. The summed E-state index contributed by atoms with van der Waals surface area (Å²) in [7, 11) is 0. The maximum atomic E-state index is 13.3. The first kappa shape index (κ1) is 13.3. The van der Waals surface area contributed by atoms with Gasteiger partial charge in [-0.1, -0.05) is 17.7 Å². The van der Waals surface area contributed by atoms with E-state index in [4.69, 9.17) is 16.9 Å². The number of benzene rings is 1. The van der Waals surface area contributed by atoms with Crippen molar-refractivity contribution in [3.05, 3.63) is 59.3 Å². The molecule has 4 nitrogen and oxygen atoms in total. The first-order valence-electron chi connectivity index (χ1n) is 6.05. The molecule has 0 saturated heterocycles. The third-order valence-electron chi connectivity index (χ3n) is 2.88. The summed E-state index contributed by atoms with van der Waals surface area (Å²) in [5.41, 5.74) is 1.97. The number of fused-ring (bicyclic) bond motifs is 1. The van der Waals surface area contributed by atoms with Gasteiger partial charge in [0.25, 0.3) is 0 Å². The SMILES string of the molecule is N#Cc1cc(Nc2cccc(Cl)c2)c2cc(F)ncc2n1. The van der Waals surface area contributed by atoms with Gasteiger partial charge in [0.1, 0.15) is 11.8 Å². The van der Waals surface area contributed by atoms with E-state index in [2.05, 4.69) is 15.3 Å². The van der Waals surface area contributed by atoms with Crippen molar-refractivity contribution in [1.29, 1.82) is 5.26 Å². The smallest absolute Gasteiger partial charge is 0.213 e. The van der Waals surface area contributed by atoms with Crippen LogP contribution in [0.2, 0.25) is 5.02 Å². The number of nitriles is 1. The summed E-state index contributed by atoms with van der Waals surface area (Å²) in [6.45, 7) is 0. The summed E-state index contributed by atoms with van der Waals surface area (Å²) < 4.78 is 13.3. The van der Waals surface area contributed by atoms with Crippen LogP contribution in [-0.4, -0.2) is 9.97 Å². The zero-order valence-corrected chi connectivity index (χ0v) is 11.4. The summed E-state index contributed by atoms with van der Waals surface area (Å²) in [6, 6.07) is 11.9. The van der Waals surface area contributed by atoms with E-state index in [-0.39, 0.29) is 5.69 Å². The fourth-order valence-corrected chi connectivity index (χ4v) is 2.18. The van der Waals surface area contributed by atoms with Crippen LogP contribution in [0, 0.1) is 17.3 Å². The van der Waals surface area contributed by atoms with Crippen LogP contribution < -0.4 is 5.32 Å². The second kappa shape index (κ2) is 5.35. The van der Waals surface area contributed by atoms with Gasteiger partial charge in [-0.05, 0) is 24.3 Å². The highest BCUT2D eigenvalue weighted by Crippen LogP contribution is 2.27. The number of hydrogen-bond acceptors (Lipinski definition) is 4. The molecule has 3 aromatic rings. The zero-order chi connectivity index (χ0) is 14.8. The van der Waals surface area contributed by atoms with Gasteiger partial charge in [-0.15, -0.1) is 0 Å². The predicted octanol–water partition coefficient (Wildman–Crippen LogP) is 4.04. The van der Waals surface area contributed by atoms with E-state index in [1.807, 2.05) is 12.1 Å². The summed E-state index contributed by atoms with van der Waals surface area (Å²) in [5, 5.41) is 13.3. The average molecular weight is 299 g/mol. The van der Waals surface area contributed by atoms with Crippen LogP contribution in [0.5, 0.6) is 0 Å². The lowest BCUT2D eigenvalue weighted by Gasteiger charge is -2.10. The van der Waals surface area contributed by atoms with Crippen LogP contribution in [0.3, 0.4) is 0 Å². The van der Waals surface area contributed by atoms with Crippen molar-refractivity contribution in [1.82, 2.24) is 9.97 Å². The molecule has 0 aliphatic rings. The minimum absolute atomic E-state index is 0.223. The molecule has 0 atom stereocenters. The standard InChI is InChI=1S/C15H8ClFN4/c16-9-2-1-3-10(4-9)20-13-5-11(7-18)21-14-8-19-15(17)6-12(13)14/h1-6,8H,(H,20,21).